The zero-order valence-corrected chi connectivity index (χ0v) is 29.8. The first-order chi connectivity index (χ1) is 27.3. The third kappa shape index (κ3) is 5.11. The molecular weight excluding hydrogens is 671 g/mol. The molecule has 11 rings (SSSR count). The molecule has 0 N–H and O–H groups in total. The van der Waals surface area contributed by atoms with Gasteiger partial charge in [-0.05, 0) is 100 Å². The SMILES string of the molecule is c1ccc(-c2nc3ccc4ccc5ccc(N(c6ccccc6)c6cc(-c7ccccc7)c7c8ccccc8n(-c8ccccc8)c7c6)cc5c4c3o2)cc1. The molecule has 0 aliphatic heterocycles. The van der Waals surface area contributed by atoms with Gasteiger partial charge in [0.05, 0.1) is 11.0 Å². The largest absolute Gasteiger partial charge is 0.435 e. The molecule has 0 bridgehead atoms. The number of anilines is 3. The van der Waals surface area contributed by atoms with Crippen LogP contribution in [0.25, 0.3) is 82.7 Å². The van der Waals surface area contributed by atoms with Crippen molar-refractivity contribution in [3.63, 3.8) is 0 Å². The smallest absolute Gasteiger partial charge is 0.227 e. The lowest BCUT2D eigenvalue weighted by Crippen LogP contribution is -2.10. The third-order valence-electron chi connectivity index (χ3n) is 10.7. The van der Waals surface area contributed by atoms with Crippen LogP contribution < -0.4 is 4.90 Å². The van der Waals surface area contributed by atoms with Crippen molar-refractivity contribution in [3.05, 3.63) is 200 Å². The molecule has 0 unspecified atom stereocenters. The number of hydrogen-bond acceptors (Lipinski definition) is 3. The van der Waals surface area contributed by atoms with Crippen molar-refractivity contribution in [3.8, 4) is 28.3 Å². The van der Waals surface area contributed by atoms with Crippen molar-refractivity contribution in [2.75, 3.05) is 4.90 Å². The fraction of sp³-hybridized carbons (Fsp3) is 0. The fourth-order valence-corrected chi connectivity index (χ4v) is 8.29. The summed E-state index contributed by atoms with van der Waals surface area (Å²) in [6, 6.07) is 71.1. The van der Waals surface area contributed by atoms with E-state index < -0.39 is 0 Å². The second-order valence-corrected chi connectivity index (χ2v) is 14.0. The van der Waals surface area contributed by atoms with Crippen LogP contribution in [0.3, 0.4) is 0 Å². The molecule has 4 heteroatoms. The quantitative estimate of drug-likeness (QED) is 0.162. The first-order valence-electron chi connectivity index (χ1n) is 18.6. The van der Waals surface area contributed by atoms with Gasteiger partial charge in [-0.15, -0.1) is 0 Å². The van der Waals surface area contributed by atoms with E-state index in [9.17, 15) is 0 Å². The van der Waals surface area contributed by atoms with Crippen LogP contribution in [0.2, 0.25) is 0 Å². The highest BCUT2D eigenvalue weighted by Gasteiger charge is 2.22. The Kier molecular flexibility index (Phi) is 7.14. The number of aromatic nitrogens is 2. The molecule has 0 saturated carbocycles. The van der Waals surface area contributed by atoms with Gasteiger partial charge < -0.3 is 13.9 Å². The maximum Gasteiger partial charge on any atom is 0.227 e. The topological polar surface area (TPSA) is 34.2 Å². The van der Waals surface area contributed by atoms with E-state index in [1.165, 1.54) is 27.4 Å². The van der Waals surface area contributed by atoms with Gasteiger partial charge in [-0.3, -0.25) is 0 Å². The molecule has 0 aliphatic rings. The normalized spacial score (nSPS) is 11.6. The van der Waals surface area contributed by atoms with Gasteiger partial charge in [0.25, 0.3) is 0 Å². The Balaban J connectivity index is 1.21. The van der Waals surface area contributed by atoms with E-state index in [2.05, 4.69) is 179 Å². The highest BCUT2D eigenvalue weighted by molar-refractivity contribution is 6.19. The van der Waals surface area contributed by atoms with Crippen molar-refractivity contribution in [1.82, 2.24) is 9.55 Å². The van der Waals surface area contributed by atoms with E-state index in [1.54, 1.807) is 0 Å². The highest BCUT2D eigenvalue weighted by Crippen LogP contribution is 2.45. The van der Waals surface area contributed by atoms with Crippen molar-refractivity contribution in [1.29, 1.82) is 0 Å². The van der Waals surface area contributed by atoms with E-state index in [0.29, 0.717) is 5.89 Å². The average Bonchev–Trinajstić information content (AvgIpc) is 3.85. The van der Waals surface area contributed by atoms with Gasteiger partial charge in [0, 0.05) is 44.5 Å². The van der Waals surface area contributed by atoms with Gasteiger partial charge >= 0.3 is 0 Å². The maximum atomic E-state index is 6.61. The number of hydrogen-bond donors (Lipinski definition) is 0. The summed E-state index contributed by atoms with van der Waals surface area (Å²) in [5, 5.41) is 6.87. The molecule has 55 heavy (non-hydrogen) atoms. The number of rotatable bonds is 6. The molecule has 0 atom stereocenters. The lowest BCUT2D eigenvalue weighted by atomic mass is 9.97. The van der Waals surface area contributed by atoms with Crippen molar-refractivity contribution < 1.29 is 4.42 Å². The number of benzene rings is 9. The van der Waals surface area contributed by atoms with Crippen LogP contribution in [0.5, 0.6) is 0 Å². The Labute approximate surface area is 317 Å². The monoisotopic (exact) mass is 703 g/mol. The van der Waals surface area contributed by atoms with Gasteiger partial charge in [-0.25, -0.2) is 4.98 Å². The number of nitrogens with zero attached hydrogens (tertiary/aromatic N) is 3. The van der Waals surface area contributed by atoms with Gasteiger partial charge in [0.15, 0.2) is 5.58 Å². The lowest BCUT2D eigenvalue weighted by molar-refractivity contribution is 0.623. The molecule has 258 valence electrons. The molecule has 9 aromatic carbocycles. The zero-order chi connectivity index (χ0) is 36.3. The molecule has 2 aromatic heterocycles. The van der Waals surface area contributed by atoms with Gasteiger partial charge in [-0.1, -0.05) is 127 Å². The predicted molar refractivity (Wildman–Crippen MR) is 229 cm³/mol. The highest BCUT2D eigenvalue weighted by atomic mass is 16.3. The Morgan fingerprint density at radius 1 is 0.436 bits per heavy atom. The van der Waals surface area contributed by atoms with Crippen LogP contribution in [-0.4, -0.2) is 9.55 Å². The van der Waals surface area contributed by atoms with Crippen LogP contribution >= 0.6 is 0 Å². The summed E-state index contributed by atoms with van der Waals surface area (Å²) in [6.07, 6.45) is 0. The van der Waals surface area contributed by atoms with Gasteiger partial charge in [0.2, 0.25) is 5.89 Å². The summed E-state index contributed by atoms with van der Waals surface area (Å²) >= 11 is 0. The second kappa shape index (κ2) is 12.6. The summed E-state index contributed by atoms with van der Waals surface area (Å²) in [5.41, 5.74) is 11.6. The second-order valence-electron chi connectivity index (χ2n) is 14.0. The van der Waals surface area contributed by atoms with Crippen LogP contribution in [0, 0.1) is 0 Å². The summed E-state index contributed by atoms with van der Waals surface area (Å²) in [5.74, 6) is 0.623. The number of fused-ring (bicyclic) bond motifs is 8. The Hall–Kier alpha value is -7.43. The minimum atomic E-state index is 0.623. The average molecular weight is 704 g/mol. The molecule has 2 heterocycles. The van der Waals surface area contributed by atoms with Crippen LogP contribution in [-0.2, 0) is 0 Å². The Morgan fingerprint density at radius 2 is 1.07 bits per heavy atom. The first-order valence-corrected chi connectivity index (χ1v) is 18.6. The maximum absolute atomic E-state index is 6.61. The van der Waals surface area contributed by atoms with Crippen molar-refractivity contribution in [2.45, 2.75) is 0 Å². The molecule has 0 fully saturated rings. The molecular formula is C51H33N3O. The number of para-hydroxylation sites is 3. The van der Waals surface area contributed by atoms with Gasteiger partial charge in [0.1, 0.15) is 5.52 Å². The summed E-state index contributed by atoms with van der Waals surface area (Å²) in [7, 11) is 0. The molecule has 0 radical (unpaired) electrons. The van der Waals surface area contributed by atoms with E-state index in [4.69, 9.17) is 9.40 Å². The van der Waals surface area contributed by atoms with E-state index in [1.807, 2.05) is 30.3 Å². The van der Waals surface area contributed by atoms with Crippen molar-refractivity contribution >= 4 is 71.5 Å². The van der Waals surface area contributed by atoms with Gasteiger partial charge in [-0.2, -0.15) is 0 Å². The van der Waals surface area contributed by atoms with E-state index in [0.717, 1.165) is 66.5 Å². The van der Waals surface area contributed by atoms with E-state index in [-0.39, 0.29) is 0 Å². The first kappa shape index (κ1) is 31.1. The molecule has 0 saturated heterocycles. The standard InChI is InChI=1S/C51H33N3O/c1-5-15-34(16-6-1)44-32-41(33-47-49(44)42-23-13-14-24-46(42)54(47)39-21-11-4-12-22-39)53(38-19-9-3-10-20-38)40-29-27-35-25-26-36-28-30-45-50(48(36)43(35)31-40)55-51(52-45)37-17-7-2-8-18-37/h1-33H. The molecule has 11 aromatic rings. The molecule has 0 spiro atoms. The molecule has 0 aliphatic carbocycles. The third-order valence-corrected chi connectivity index (χ3v) is 10.7. The van der Waals surface area contributed by atoms with Crippen LogP contribution in [0.15, 0.2) is 205 Å². The fourth-order valence-electron chi connectivity index (χ4n) is 8.29. The molecule has 0 amide bonds. The minimum Gasteiger partial charge on any atom is -0.435 e. The Bertz CT molecular complexity index is 3190. The van der Waals surface area contributed by atoms with E-state index >= 15 is 0 Å². The van der Waals surface area contributed by atoms with Crippen LogP contribution in [0.4, 0.5) is 17.1 Å². The number of oxazole rings is 1. The molecule has 4 nitrogen and oxygen atoms in total. The van der Waals surface area contributed by atoms with Crippen molar-refractivity contribution in [2.24, 2.45) is 0 Å². The minimum absolute atomic E-state index is 0.623. The van der Waals surface area contributed by atoms with Crippen LogP contribution in [0.1, 0.15) is 0 Å². The zero-order valence-electron chi connectivity index (χ0n) is 29.8. The summed E-state index contributed by atoms with van der Waals surface area (Å²) < 4.78 is 9.02. The lowest BCUT2D eigenvalue weighted by Gasteiger charge is -2.27. The Morgan fingerprint density at radius 3 is 1.85 bits per heavy atom. The predicted octanol–water partition coefficient (Wildman–Crippen LogP) is 14.0. The summed E-state index contributed by atoms with van der Waals surface area (Å²) in [4.78, 5) is 7.31. The summed E-state index contributed by atoms with van der Waals surface area (Å²) in [6.45, 7) is 0.